The molecule has 3 rings (SSSR count). The molecule has 2 atom stereocenters. The molecule has 0 bridgehead atoms. The van der Waals surface area contributed by atoms with Crippen LogP contribution >= 0.6 is 0 Å². The lowest BCUT2D eigenvalue weighted by Gasteiger charge is -2.17. The first-order valence-corrected chi connectivity index (χ1v) is 6.68. The van der Waals surface area contributed by atoms with E-state index in [4.69, 9.17) is 4.74 Å². The van der Waals surface area contributed by atoms with Crippen LogP contribution in [-0.4, -0.2) is 6.10 Å². The molecule has 1 aliphatic heterocycles. The molecule has 0 N–H and O–H groups in total. The lowest BCUT2D eigenvalue weighted by atomic mass is 9.89. The number of para-hydroxylation sites is 1. The highest BCUT2D eigenvalue weighted by Crippen LogP contribution is 2.40. The average molecular weight is 238 g/mol. The lowest BCUT2D eigenvalue weighted by Crippen LogP contribution is -2.21. The van der Waals surface area contributed by atoms with E-state index in [-0.39, 0.29) is 6.10 Å². The Labute approximate surface area is 108 Å². The normalized spacial score (nSPS) is 21.4. The molecule has 0 unspecified atom stereocenters. The van der Waals surface area contributed by atoms with E-state index in [2.05, 4.69) is 61.5 Å². The van der Waals surface area contributed by atoms with Crippen LogP contribution in [0.2, 0.25) is 0 Å². The van der Waals surface area contributed by atoms with Gasteiger partial charge in [-0.05, 0) is 18.1 Å². The maximum atomic E-state index is 6.11. The highest BCUT2D eigenvalue weighted by molar-refractivity contribution is 5.41. The molecule has 0 fully saturated rings. The summed E-state index contributed by atoms with van der Waals surface area (Å²) in [6.45, 7) is 2.24. The van der Waals surface area contributed by atoms with Crippen LogP contribution in [0.4, 0.5) is 0 Å². The summed E-state index contributed by atoms with van der Waals surface area (Å²) in [4.78, 5) is 0. The topological polar surface area (TPSA) is 9.23 Å². The zero-order chi connectivity index (χ0) is 12.4. The Balaban J connectivity index is 1.83. The van der Waals surface area contributed by atoms with E-state index >= 15 is 0 Å². The summed E-state index contributed by atoms with van der Waals surface area (Å²) in [5.74, 6) is 1.60. The summed E-state index contributed by atoms with van der Waals surface area (Å²) in [5.41, 5.74) is 2.73. The van der Waals surface area contributed by atoms with E-state index in [0.29, 0.717) is 5.92 Å². The largest absolute Gasteiger partial charge is 0.489 e. The SMILES string of the molecule is CC[C@@H]1c2ccccc2O[C@H]1Cc1ccccc1. The predicted molar refractivity (Wildman–Crippen MR) is 74.0 cm³/mol. The standard InChI is InChI=1S/C17H18O/c1-2-14-15-10-6-7-11-16(15)18-17(14)12-13-8-4-3-5-9-13/h3-11,14,17H,2,12H2,1H3/t14-,17+/m1/s1. The highest BCUT2D eigenvalue weighted by Gasteiger charge is 2.32. The fraction of sp³-hybridized carbons (Fsp3) is 0.294. The van der Waals surface area contributed by atoms with E-state index < -0.39 is 0 Å². The van der Waals surface area contributed by atoms with Crippen LogP contribution in [0.3, 0.4) is 0 Å². The first-order valence-electron chi connectivity index (χ1n) is 6.68. The van der Waals surface area contributed by atoms with Gasteiger partial charge in [0, 0.05) is 17.9 Å². The Hall–Kier alpha value is -1.76. The minimum atomic E-state index is 0.287. The quantitative estimate of drug-likeness (QED) is 0.779. The maximum Gasteiger partial charge on any atom is 0.123 e. The van der Waals surface area contributed by atoms with Gasteiger partial charge in [-0.1, -0.05) is 55.5 Å². The number of rotatable bonds is 3. The van der Waals surface area contributed by atoms with Crippen molar-refractivity contribution in [3.05, 3.63) is 65.7 Å². The van der Waals surface area contributed by atoms with Gasteiger partial charge in [-0.15, -0.1) is 0 Å². The fourth-order valence-electron chi connectivity index (χ4n) is 2.85. The van der Waals surface area contributed by atoms with Gasteiger partial charge in [0.1, 0.15) is 11.9 Å². The van der Waals surface area contributed by atoms with Crippen LogP contribution in [0.5, 0.6) is 5.75 Å². The summed E-state index contributed by atoms with van der Waals surface area (Å²) < 4.78 is 6.11. The Bertz CT molecular complexity index is 518. The van der Waals surface area contributed by atoms with Crippen molar-refractivity contribution < 1.29 is 4.74 Å². The number of benzene rings is 2. The van der Waals surface area contributed by atoms with Gasteiger partial charge in [-0.3, -0.25) is 0 Å². The van der Waals surface area contributed by atoms with Crippen molar-refractivity contribution in [1.29, 1.82) is 0 Å². The van der Waals surface area contributed by atoms with Crippen LogP contribution in [-0.2, 0) is 6.42 Å². The Morgan fingerprint density at radius 2 is 1.67 bits per heavy atom. The zero-order valence-electron chi connectivity index (χ0n) is 10.7. The summed E-state index contributed by atoms with van der Waals surface area (Å²) >= 11 is 0. The molecule has 0 saturated carbocycles. The molecule has 1 nitrogen and oxygen atoms in total. The van der Waals surface area contributed by atoms with E-state index in [1.807, 2.05) is 0 Å². The molecule has 18 heavy (non-hydrogen) atoms. The summed E-state index contributed by atoms with van der Waals surface area (Å²) in [5, 5.41) is 0. The lowest BCUT2D eigenvalue weighted by molar-refractivity contribution is 0.203. The first kappa shape index (κ1) is 11.3. The van der Waals surface area contributed by atoms with Gasteiger partial charge in [0.15, 0.2) is 0 Å². The van der Waals surface area contributed by atoms with Crippen LogP contribution in [0.1, 0.15) is 30.4 Å². The molecule has 0 saturated heterocycles. The van der Waals surface area contributed by atoms with Crippen LogP contribution in [0.25, 0.3) is 0 Å². The average Bonchev–Trinajstić information content (AvgIpc) is 2.77. The van der Waals surface area contributed by atoms with Crippen molar-refractivity contribution in [3.8, 4) is 5.75 Å². The third-order valence-corrected chi connectivity index (χ3v) is 3.77. The van der Waals surface area contributed by atoms with Crippen molar-refractivity contribution in [2.75, 3.05) is 0 Å². The highest BCUT2D eigenvalue weighted by atomic mass is 16.5. The second kappa shape index (κ2) is 4.85. The van der Waals surface area contributed by atoms with E-state index in [9.17, 15) is 0 Å². The second-order valence-corrected chi connectivity index (χ2v) is 4.90. The molecule has 1 aliphatic rings. The van der Waals surface area contributed by atoms with Gasteiger partial charge in [0.2, 0.25) is 0 Å². The van der Waals surface area contributed by atoms with Crippen LogP contribution in [0, 0.1) is 0 Å². The molecule has 1 heteroatoms. The molecule has 0 aromatic heterocycles. The molecule has 0 aliphatic carbocycles. The minimum absolute atomic E-state index is 0.287. The summed E-state index contributed by atoms with van der Waals surface area (Å²) in [6.07, 6.45) is 2.41. The van der Waals surface area contributed by atoms with Gasteiger partial charge >= 0.3 is 0 Å². The van der Waals surface area contributed by atoms with Crippen molar-refractivity contribution in [2.24, 2.45) is 0 Å². The van der Waals surface area contributed by atoms with Gasteiger partial charge in [-0.25, -0.2) is 0 Å². The van der Waals surface area contributed by atoms with E-state index in [1.54, 1.807) is 0 Å². The molecular formula is C17H18O. The van der Waals surface area contributed by atoms with Gasteiger partial charge in [0.05, 0.1) is 0 Å². The Kier molecular flexibility index (Phi) is 3.06. The monoisotopic (exact) mass is 238 g/mol. The number of ether oxygens (including phenoxy) is 1. The number of fused-ring (bicyclic) bond motifs is 1. The van der Waals surface area contributed by atoms with Crippen molar-refractivity contribution in [1.82, 2.24) is 0 Å². The molecule has 0 amide bonds. The zero-order valence-corrected chi connectivity index (χ0v) is 10.7. The Morgan fingerprint density at radius 1 is 0.944 bits per heavy atom. The van der Waals surface area contributed by atoms with Crippen LogP contribution < -0.4 is 4.74 Å². The van der Waals surface area contributed by atoms with Gasteiger partial charge in [-0.2, -0.15) is 0 Å². The smallest absolute Gasteiger partial charge is 0.123 e. The number of hydrogen-bond donors (Lipinski definition) is 0. The molecule has 1 heterocycles. The van der Waals surface area contributed by atoms with Crippen molar-refractivity contribution in [3.63, 3.8) is 0 Å². The third kappa shape index (κ3) is 2.01. The molecule has 2 aromatic rings. The first-order chi connectivity index (χ1) is 8.88. The Morgan fingerprint density at radius 3 is 2.44 bits per heavy atom. The second-order valence-electron chi connectivity index (χ2n) is 4.90. The fourth-order valence-corrected chi connectivity index (χ4v) is 2.85. The van der Waals surface area contributed by atoms with Gasteiger partial charge < -0.3 is 4.74 Å². The summed E-state index contributed by atoms with van der Waals surface area (Å²) in [7, 11) is 0. The minimum Gasteiger partial charge on any atom is -0.489 e. The maximum absolute atomic E-state index is 6.11. The molecule has 2 aromatic carbocycles. The third-order valence-electron chi connectivity index (χ3n) is 3.77. The van der Waals surface area contributed by atoms with Crippen LogP contribution in [0.15, 0.2) is 54.6 Å². The number of hydrogen-bond acceptors (Lipinski definition) is 1. The molecule has 92 valence electrons. The van der Waals surface area contributed by atoms with E-state index in [1.165, 1.54) is 11.1 Å². The van der Waals surface area contributed by atoms with E-state index in [0.717, 1.165) is 18.6 Å². The predicted octanol–water partition coefficient (Wildman–Crippen LogP) is 4.18. The van der Waals surface area contributed by atoms with Crippen molar-refractivity contribution in [2.45, 2.75) is 31.8 Å². The molecule has 0 spiro atoms. The molecular weight excluding hydrogens is 220 g/mol. The van der Waals surface area contributed by atoms with Crippen molar-refractivity contribution >= 4 is 0 Å². The van der Waals surface area contributed by atoms with Gasteiger partial charge in [0.25, 0.3) is 0 Å². The molecule has 0 radical (unpaired) electrons. The summed E-state index contributed by atoms with van der Waals surface area (Å²) in [6, 6.07) is 19.1.